The van der Waals surface area contributed by atoms with Gasteiger partial charge < -0.3 is 26.6 Å². The second-order valence-corrected chi connectivity index (χ2v) is 7.08. The number of carbonyl (C=O) groups is 1. The number of nitrogens with two attached hydrogens (primary N) is 1. The van der Waals surface area contributed by atoms with Gasteiger partial charge >= 0.3 is 0 Å². The Balaban J connectivity index is 1.81. The fraction of sp³-hybridized carbons (Fsp3) is 0.353. The lowest BCUT2D eigenvalue weighted by atomic mass is 10.1. The van der Waals surface area contributed by atoms with Crippen molar-refractivity contribution in [3.05, 3.63) is 39.1 Å². The number of amides is 1. The minimum absolute atomic E-state index is 0.158. The maximum absolute atomic E-state index is 13.3. The Labute approximate surface area is 148 Å². The molecule has 0 radical (unpaired) electrons. The highest BCUT2D eigenvalue weighted by Crippen LogP contribution is 2.47. The standard InChI is InChI=1S/C17H17N6O3/c1-8-13-12(20-9-6-11(18)19-7-10(9)23(13)26)16(25)22-14(8)15(24)21-17(22)4-2-3-5-17/h6-7,20H,2-5H2,1H3,(H2,18,19)(H,21,24)/q-1. The number of pyridine rings is 2. The first kappa shape index (κ1) is 15.2. The van der Waals surface area contributed by atoms with Crippen LogP contribution in [0.25, 0.3) is 0 Å². The molecule has 2 aliphatic heterocycles. The normalized spacial score (nSPS) is 19.0. The highest BCUT2D eigenvalue weighted by Gasteiger charge is 2.47. The Morgan fingerprint density at radius 1 is 1.31 bits per heavy atom. The molecule has 4 heterocycles. The van der Waals surface area contributed by atoms with Crippen molar-refractivity contribution in [3.63, 3.8) is 0 Å². The van der Waals surface area contributed by atoms with E-state index in [1.54, 1.807) is 11.5 Å². The maximum Gasteiger partial charge on any atom is 0.278 e. The summed E-state index contributed by atoms with van der Waals surface area (Å²) >= 11 is 0. The summed E-state index contributed by atoms with van der Waals surface area (Å²) in [5, 5.41) is 19.6. The van der Waals surface area contributed by atoms with Gasteiger partial charge in [0, 0.05) is 11.6 Å². The highest BCUT2D eigenvalue weighted by molar-refractivity contribution is 6.02. The fourth-order valence-corrected chi connectivity index (χ4v) is 4.45. The summed E-state index contributed by atoms with van der Waals surface area (Å²) in [5.74, 6) is -0.0610. The molecule has 9 nitrogen and oxygen atoms in total. The van der Waals surface area contributed by atoms with Gasteiger partial charge in [-0.05, 0) is 32.6 Å². The Bertz CT molecular complexity index is 1040. The van der Waals surface area contributed by atoms with Crippen molar-refractivity contribution in [2.24, 2.45) is 0 Å². The lowest BCUT2D eigenvalue weighted by Crippen LogP contribution is -2.45. The van der Waals surface area contributed by atoms with Gasteiger partial charge in [-0.1, -0.05) is 0 Å². The van der Waals surface area contributed by atoms with Crippen LogP contribution in [0.1, 0.15) is 41.7 Å². The number of hydrogen-bond acceptors (Lipinski definition) is 7. The van der Waals surface area contributed by atoms with Gasteiger partial charge in [0.25, 0.3) is 11.5 Å². The first-order valence-corrected chi connectivity index (χ1v) is 8.55. The molecule has 0 atom stereocenters. The number of rotatable bonds is 0. The van der Waals surface area contributed by atoms with Gasteiger partial charge in [0.05, 0.1) is 23.3 Å². The third-order valence-corrected chi connectivity index (χ3v) is 5.59. The Morgan fingerprint density at radius 2 is 2.04 bits per heavy atom. The molecule has 0 bridgehead atoms. The summed E-state index contributed by atoms with van der Waals surface area (Å²) in [5.41, 5.74) is 6.41. The van der Waals surface area contributed by atoms with Gasteiger partial charge in [-0.15, -0.1) is 0 Å². The van der Waals surface area contributed by atoms with E-state index in [1.807, 2.05) is 0 Å². The van der Waals surface area contributed by atoms with Gasteiger partial charge in [-0.3, -0.25) is 14.2 Å². The van der Waals surface area contributed by atoms with E-state index >= 15 is 0 Å². The van der Waals surface area contributed by atoms with Crippen LogP contribution in [0.15, 0.2) is 17.1 Å². The van der Waals surface area contributed by atoms with Crippen LogP contribution in [0, 0.1) is 12.1 Å². The zero-order chi connectivity index (χ0) is 18.2. The summed E-state index contributed by atoms with van der Waals surface area (Å²) in [6.45, 7) is 1.69. The summed E-state index contributed by atoms with van der Waals surface area (Å²) in [7, 11) is 0. The molecule has 5 rings (SSSR count). The van der Waals surface area contributed by atoms with Gasteiger partial charge in [0.1, 0.15) is 22.9 Å². The van der Waals surface area contributed by atoms with E-state index in [0.29, 0.717) is 29.2 Å². The third kappa shape index (κ3) is 1.70. The Kier molecular flexibility index (Phi) is 2.78. The predicted molar refractivity (Wildman–Crippen MR) is 96.8 cm³/mol. The molecule has 26 heavy (non-hydrogen) atoms. The zero-order valence-electron chi connectivity index (χ0n) is 14.1. The van der Waals surface area contributed by atoms with Gasteiger partial charge in [0.2, 0.25) is 0 Å². The smallest absolute Gasteiger partial charge is 0.278 e. The molecule has 0 saturated heterocycles. The quantitative estimate of drug-likeness (QED) is 0.658. The van der Waals surface area contributed by atoms with Crippen molar-refractivity contribution in [3.8, 4) is 0 Å². The summed E-state index contributed by atoms with van der Waals surface area (Å²) in [4.78, 5) is 29.9. The molecule has 1 amide bonds. The highest BCUT2D eigenvalue weighted by atomic mass is 16.5. The van der Waals surface area contributed by atoms with Crippen LogP contribution in [-0.2, 0) is 5.66 Å². The number of nitrogen functional groups attached to an aromatic ring is 1. The molecule has 0 unspecified atom stereocenters. The van der Waals surface area contributed by atoms with E-state index in [9.17, 15) is 14.8 Å². The molecule has 2 aromatic rings. The Morgan fingerprint density at radius 3 is 2.77 bits per heavy atom. The first-order chi connectivity index (χ1) is 12.4. The predicted octanol–water partition coefficient (Wildman–Crippen LogP) is 1.80. The maximum atomic E-state index is 13.3. The van der Waals surface area contributed by atoms with Crippen molar-refractivity contribution in [1.29, 1.82) is 0 Å². The van der Waals surface area contributed by atoms with Gasteiger partial charge in [-0.25, -0.2) is 4.98 Å². The van der Waals surface area contributed by atoms with Crippen LogP contribution in [-0.4, -0.2) is 15.5 Å². The topological polar surface area (TPSA) is 128 Å². The number of hydrogen-bond donors (Lipinski definition) is 3. The van der Waals surface area contributed by atoms with Crippen molar-refractivity contribution in [2.45, 2.75) is 38.3 Å². The van der Waals surface area contributed by atoms with E-state index in [2.05, 4.69) is 15.6 Å². The summed E-state index contributed by atoms with van der Waals surface area (Å²) in [6, 6.07) is 1.52. The zero-order valence-corrected chi connectivity index (χ0v) is 14.1. The molecule has 0 aromatic carbocycles. The van der Waals surface area contributed by atoms with Crippen LogP contribution in [0.4, 0.5) is 28.6 Å². The van der Waals surface area contributed by atoms with Crippen molar-refractivity contribution in [2.75, 3.05) is 16.1 Å². The molecule has 4 N–H and O–H groups in total. The van der Waals surface area contributed by atoms with Crippen LogP contribution < -0.4 is 27.0 Å². The largest absolute Gasteiger partial charge is 0.754 e. The Hall–Kier alpha value is -3.07. The number of anilines is 5. The van der Waals surface area contributed by atoms with E-state index < -0.39 is 5.66 Å². The molecule has 3 aliphatic rings. The fourth-order valence-electron chi connectivity index (χ4n) is 4.45. The number of carbonyl (C=O) groups excluding carboxylic acids is 1. The monoisotopic (exact) mass is 353 g/mol. The van der Waals surface area contributed by atoms with Crippen molar-refractivity contribution in [1.82, 2.24) is 14.9 Å². The average molecular weight is 353 g/mol. The number of nitrogens with zero attached hydrogens (tertiary/aromatic N) is 3. The number of fused-ring (bicyclic) bond motifs is 4. The van der Waals surface area contributed by atoms with Crippen LogP contribution in [0.3, 0.4) is 0 Å². The van der Waals surface area contributed by atoms with Crippen LogP contribution in [0.5, 0.6) is 0 Å². The van der Waals surface area contributed by atoms with E-state index in [1.165, 1.54) is 12.3 Å². The molecule has 1 saturated carbocycles. The van der Waals surface area contributed by atoms with Crippen LogP contribution >= 0.6 is 0 Å². The SMILES string of the molecule is Cc1c2c(c(=O)n3c1C(=O)NC31CCCC1)Nc1cc(N)ncc1N2[O-]. The first-order valence-electron chi connectivity index (χ1n) is 8.55. The minimum Gasteiger partial charge on any atom is -0.754 e. The van der Waals surface area contributed by atoms with Crippen molar-refractivity contribution < 1.29 is 4.79 Å². The lowest BCUT2D eigenvalue weighted by Gasteiger charge is -2.40. The van der Waals surface area contributed by atoms with E-state index in [4.69, 9.17) is 5.73 Å². The molecule has 1 fully saturated rings. The number of nitrogens with one attached hydrogen (secondary N) is 2. The molecule has 134 valence electrons. The third-order valence-electron chi connectivity index (χ3n) is 5.59. The molecule has 1 aliphatic carbocycles. The summed E-state index contributed by atoms with van der Waals surface area (Å²) in [6.07, 6.45) is 4.65. The van der Waals surface area contributed by atoms with Crippen molar-refractivity contribution >= 4 is 34.5 Å². The van der Waals surface area contributed by atoms with Crippen LogP contribution in [0.2, 0.25) is 0 Å². The van der Waals surface area contributed by atoms with E-state index in [0.717, 1.165) is 12.8 Å². The molecular formula is C17H17N6O3-. The molecule has 2 aromatic heterocycles. The molecule has 9 heteroatoms. The lowest BCUT2D eigenvalue weighted by molar-refractivity contribution is 0.0920. The second kappa shape index (κ2) is 4.76. The summed E-state index contributed by atoms with van der Waals surface area (Å²) < 4.78 is 1.55. The average Bonchev–Trinajstić information content (AvgIpc) is 3.17. The van der Waals surface area contributed by atoms with E-state index in [-0.39, 0.29) is 40.0 Å². The minimum atomic E-state index is -0.684. The number of aromatic nitrogens is 2. The molecule has 1 spiro atoms. The molecular weight excluding hydrogens is 336 g/mol. The van der Waals surface area contributed by atoms with Gasteiger partial charge in [0.15, 0.2) is 0 Å². The second-order valence-electron chi connectivity index (χ2n) is 7.08. The van der Waals surface area contributed by atoms with Gasteiger partial charge in [-0.2, -0.15) is 0 Å².